The fraction of sp³-hybridized carbons (Fsp3) is 0.522. The van der Waals surface area contributed by atoms with Crippen molar-refractivity contribution in [3.8, 4) is 0 Å². The second kappa shape index (κ2) is 11.0. The van der Waals surface area contributed by atoms with Crippen LogP contribution in [0.15, 0.2) is 41.8 Å². The minimum atomic E-state index is 0.110. The average molecular weight is 429 g/mol. The number of nitrogens with zero attached hydrogens (tertiary/aromatic N) is 3. The van der Waals surface area contributed by atoms with Gasteiger partial charge in [-0.05, 0) is 22.6 Å². The van der Waals surface area contributed by atoms with E-state index >= 15 is 0 Å². The van der Waals surface area contributed by atoms with Crippen LogP contribution in [0.5, 0.6) is 0 Å². The molecule has 2 saturated heterocycles. The first-order valence-electron chi connectivity index (χ1n) is 10.9. The van der Waals surface area contributed by atoms with Crippen LogP contribution < -0.4 is 5.32 Å². The van der Waals surface area contributed by atoms with Crippen molar-refractivity contribution in [1.29, 1.82) is 0 Å². The summed E-state index contributed by atoms with van der Waals surface area (Å²) >= 11 is 1.82. The number of hydrogen-bond acceptors (Lipinski definition) is 6. The van der Waals surface area contributed by atoms with Gasteiger partial charge >= 0.3 is 0 Å². The maximum Gasteiger partial charge on any atom is 0.234 e. The van der Waals surface area contributed by atoms with Crippen molar-refractivity contribution in [3.63, 3.8) is 0 Å². The number of amides is 1. The van der Waals surface area contributed by atoms with E-state index in [2.05, 4.69) is 61.8 Å². The van der Waals surface area contributed by atoms with Gasteiger partial charge in [-0.15, -0.1) is 11.3 Å². The Hall–Kier alpha value is -1.77. The summed E-state index contributed by atoms with van der Waals surface area (Å²) in [5.74, 6) is 0.110. The molecule has 2 fully saturated rings. The zero-order chi connectivity index (χ0) is 20.6. The highest BCUT2D eigenvalue weighted by atomic mass is 32.1. The number of carbonyl (C=O) groups excluding carboxylic acids is 1. The Labute approximate surface area is 183 Å². The van der Waals surface area contributed by atoms with Crippen LogP contribution in [0.25, 0.3) is 0 Å². The molecule has 162 valence electrons. The summed E-state index contributed by atoms with van der Waals surface area (Å²) in [4.78, 5) is 20.9. The molecular weight excluding hydrogens is 396 g/mol. The van der Waals surface area contributed by atoms with Crippen LogP contribution in [0, 0.1) is 0 Å². The SMILES string of the molecule is O=C(CN1CCN(Cc2cccs2)CC1)NCc1ccc(CN2CCOCC2)cc1. The predicted molar refractivity (Wildman–Crippen MR) is 120 cm³/mol. The van der Waals surface area contributed by atoms with Gasteiger partial charge in [-0.25, -0.2) is 0 Å². The molecule has 2 aromatic rings. The van der Waals surface area contributed by atoms with Gasteiger partial charge in [0.15, 0.2) is 0 Å². The van der Waals surface area contributed by atoms with E-state index < -0.39 is 0 Å². The van der Waals surface area contributed by atoms with Gasteiger partial charge in [-0.2, -0.15) is 0 Å². The molecule has 2 aliphatic heterocycles. The third-order valence-corrected chi connectivity index (χ3v) is 6.68. The maximum absolute atomic E-state index is 12.4. The van der Waals surface area contributed by atoms with Crippen molar-refractivity contribution in [2.24, 2.45) is 0 Å². The molecule has 2 aliphatic rings. The van der Waals surface area contributed by atoms with Gasteiger partial charge < -0.3 is 10.1 Å². The normalized spacial score (nSPS) is 19.1. The standard InChI is InChI=1S/C23H32N4O2S/c28-23(19-26-9-7-25(8-10-26)18-22-2-1-15-30-22)24-16-20-3-5-21(6-4-20)17-27-11-13-29-14-12-27/h1-6,15H,7-14,16-19H2,(H,24,28). The van der Waals surface area contributed by atoms with E-state index in [0.29, 0.717) is 13.1 Å². The van der Waals surface area contributed by atoms with Gasteiger partial charge in [0.1, 0.15) is 0 Å². The van der Waals surface area contributed by atoms with Crippen molar-refractivity contribution >= 4 is 17.2 Å². The van der Waals surface area contributed by atoms with Crippen LogP contribution in [0.4, 0.5) is 0 Å². The van der Waals surface area contributed by atoms with Gasteiger partial charge in [0.25, 0.3) is 0 Å². The van der Waals surface area contributed by atoms with E-state index in [1.165, 1.54) is 10.4 Å². The first-order chi connectivity index (χ1) is 14.7. The quantitative estimate of drug-likeness (QED) is 0.697. The highest BCUT2D eigenvalue weighted by Crippen LogP contribution is 2.13. The minimum absolute atomic E-state index is 0.110. The molecule has 1 amide bonds. The van der Waals surface area contributed by atoms with Crippen LogP contribution in [0.3, 0.4) is 0 Å². The van der Waals surface area contributed by atoms with Crippen molar-refractivity contribution in [1.82, 2.24) is 20.0 Å². The molecule has 1 N–H and O–H groups in total. The van der Waals surface area contributed by atoms with Crippen LogP contribution in [-0.4, -0.2) is 79.6 Å². The second-order valence-corrected chi connectivity index (χ2v) is 9.15. The number of morpholine rings is 1. The largest absolute Gasteiger partial charge is 0.379 e. The van der Waals surface area contributed by atoms with Crippen LogP contribution in [0.2, 0.25) is 0 Å². The molecule has 30 heavy (non-hydrogen) atoms. The predicted octanol–water partition coefficient (Wildman–Crippen LogP) is 2.01. The Morgan fingerprint density at radius 3 is 2.23 bits per heavy atom. The Balaban J connectivity index is 1.13. The van der Waals surface area contributed by atoms with Gasteiger partial charge in [0, 0.05) is 63.8 Å². The average Bonchev–Trinajstić information content (AvgIpc) is 3.28. The lowest BCUT2D eigenvalue weighted by atomic mass is 10.1. The lowest BCUT2D eigenvalue weighted by Crippen LogP contribution is -2.48. The number of ether oxygens (including phenoxy) is 1. The van der Waals surface area contributed by atoms with Gasteiger partial charge in [-0.1, -0.05) is 30.3 Å². The Kier molecular flexibility index (Phi) is 7.88. The molecule has 0 bridgehead atoms. The summed E-state index contributed by atoms with van der Waals surface area (Å²) < 4.78 is 5.40. The van der Waals surface area contributed by atoms with E-state index in [9.17, 15) is 4.79 Å². The zero-order valence-electron chi connectivity index (χ0n) is 17.6. The summed E-state index contributed by atoms with van der Waals surface area (Å²) in [6, 6.07) is 12.9. The maximum atomic E-state index is 12.4. The summed E-state index contributed by atoms with van der Waals surface area (Å²) in [5.41, 5.74) is 2.46. The molecule has 0 radical (unpaired) electrons. The third kappa shape index (κ3) is 6.62. The number of thiophene rings is 1. The highest BCUT2D eigenvalue weighted by Gasteiger charge is 2.19. The van der Waals surface area contributed by atoms with E-state index in [-0.39, 0.29) is 5.91 Å². The number of carbonyl (C=O) groups is 1. The number of piperazine rings is 1. The molecule has 1 aromatic carbocycles. The lowest BCUT2D eigenvalue weighted by Gasteiger charge is -2.34. The molecular formula is C23H32N4O2S. The van der Waals surface area contributed by atoms with E-state index in [0.717, 1.165) is 71.1 Å². The summed E-state index contributed by atoms with van der Waals surface area (Å²) in [7, 11) is 0. The number of nitrogens with one attached hydrogen (secondary N) is 1. The summed E-state index contributed by atoms with van der Waals surface area (Å²) in [6.45, 7) is 10.7. The molecule has 7 heteroatoms. The minimum Gasteiger partial charge on any atom is -0.379 e. The summed E-state index contributed by atoms with van der Waals surface area (Å²) in [6.07, 6.45) is 0. The lowest BCUT2D eigenvalue weighted by molar-refractivity contribution is -0.122. The Bertz CT molecular complexity index is 767. The topological polar surface area (TPSA) is 48.1 Å². The van der Waals surface area contributed by atoms with Crippen LogP contribution in [0.1, 0.15) is 16.0 Å². The first-order valence-corrected chi connectivity index (χ1v) is 11.7. The molecule has 1 aromatic heterocycles. The summed E-state index contributed by atoms with van der Waals surface area (Å²) in [5, 5.41) is 5.21. The van der Waals surface area contributed by atoms with Gasteiger partial charge in [0.2, 0.25) is 5.91 Å². The molecule has 6 nitrogen and oxygen atoms in total. The van der Waals surface area contributed by atoms with E-state index in [4.69, 9.17) is 4.74 Å². The van der Waals surface area contributed by atoms with Crippen molar-refractivity contribution in [3.05, 3.63) is 57.8 Å². The number of hydrogen-bond donors (Lipinski definition) is 1. The van der Waals surface area contributed by atoms with E-state index in [1.807, 2.05) is 11.3 Å². The molecule has 0 unspecified atom stereocenters. The molecule has 4 rings (SSSR count). The molecule has 0 atom stereocenters. The van der Waals surface area contributed by atoms with E-state index in [1.54, 1.807) is 0 Å². The molecule has 3 heterocycles. The Morgan fingerprint density at radius 2 is 1.53 bits per heavy atom. The van der Waals surface area contributed by atoms with Crippen LogP contribution in [-0.2, 0) is 29.2 Å². The fourth-order valence-corrected chi connectivity index (χ4v) is 4.71. The van der Waals surface area contributed by atoms with Gasteiger partial charge in [-0.3, -0.25) is 19.5 Å². The zero-order valence-corrected chi connectivity index (χ0v) is 18.4. The van der Waals surface area contributed by atoms with Crippen molar-refractivity contribution in [2.45, 2.75) is 19.6 Å². The smallest absolute Gasteiger partial charge is 0.234 e. The third-order valence-electron chi connectivity index (χ3n) is 5.81. The monoisotopic (exact) mass is 428 g/mol. The Morgan fingerprint density at radius 1 is 0.867 bits per heavy atom. The molecule has 0 saturated carbocycles. The molecule has 0 aliphatic carbocycles. The number of rotatable bonds is 8. The van der Waals surface area contributed by atoms with Crippen molar-refractivity contribution < 1.29 is 9.53 Å². The first kappa shape index (κ1) is 21.5. The van der Waals surface area contributed by atoms with Crippen molar-refractivity contribution in [2.75, 3.05) is 59.0 Å². The van der Waals surface area contributed by atoms with Gasteiger partial charge in [0.05, 0.1) is 19.8 Å². The van der Waals surface area contributed by atoms with Crippen LogP contribution >= 0.6 is 11.3 Å². The fourth-order valence-electron chi connectivity index (χ4n) is 3.97. The second-order valence-electron chi connectivity index (χ2n) is 8.11. The molecule has 0 spiro atoms. The highest BCUT2D eigenvalue weighted by molar-refractivity contribution is 7.09. The number of benzene rings is 1.